The number of hydrogen-bond donors (Lipinski definition) is 0. The van der Waals surface area contributed by atoms with E-state index in [-0.39, 0.29) is 5.69 Å². The summed E-state index contributed by atoms with van der Waals surface area (Å²) in [6.07, 6.45) is 0. The van der Waals surface area contributed by atoms with Crippen molar-refractivity contribution in [3.8, 4) is 23.1 Å². The quantitative estimate of drug-likeness (QED) is 0.849. The maximum absolute atomic E-state index is 8.77. The summed E-state index contributed by atoms with van der Waals surface area (Å²) < 4.78 is 10.6. The highest BCUT2D eigenvalue weighted by atomic mass is 79.9. The van der Waals surface area contributed by atoms with Crippen molar-refractivity contribution in [2.45, 2.75) is 0 Å². The molecule has 86 valence electrons. The summed E-state index contributed by atoms with van der Waals surface area (Å²) in [7, 11) is 1.56. The summed E-state index contributed by atoms with van der Waals surface area (Å²) in [6, 6.07) is 7.07. The molecule has 0 amide bonds. The Balaban J connectivity index is 2.54. The molecule has 2 aromatic rings. The molecule has 17 heavy (non-hydrogen) atoms. The number of methoxy groups -OCH3 is 1. The van der Waals surface area contributed by atoms with Gasteiger partial charge >= 0.3 is 0 Å². The van der Waals surface area contributed by atoms with Crippen LogP contribution in [0.25, 0.3) is 11.3 Å². The van der Waals surface area contributed by atoms with Crippen molar-refractivity contribution in [3.63, 3.8) is 0 Å². The number of halogens is 2. The zero-order valence-electron chi connectivity index (χ0n) is 8.70. The average molecular weight is 314 g/mol. The molecule has 0 saturated carbocycles. The molecule has 0 radical (unpaired) electrons. The largest absolute Gasteiger partial charge is 0.497 e. The van der Waals surface area contributed by atoms with Crippen LogP contribution in [-0.4, -0.2) is 12.3 Å². The van der Waals surface area contributed by atoms with Gasteiger partial charge in [-0.05, 0) is 34.1 Å². The normalized spacial score (nSPS) is 10.0. The standard InChI is InChI=1S/C11H6BrClN2O2/c1-16-6-2-3-7(8(13)4-6)11-10(12)9(5-14)15-17-11/h2-4H,1H3. The molecule has 0 fully saturated rings. The lowest BCUT2D eigenvalue weighted by molar-refractivity contribution is 0.414. The van der Waals surface area contributed by atoms with E-state index < -0.39 is 0 Å². The Hall–Kier alpha value is -1.51. The molecule has 0 aliphatic rings. The van der Waals surface area contributed by atoms with Crippen molar-refractivity contribution < 1.29 is 9.26 Å². The number of nitriles is 1. The molecule has 0 bridgehead atoms. The second-order valence-electron chi connectivity index (χ2n) is 3.13. The van der Waals surface area contributed by atoms with Gasteiger partial charge in [0.15, 0.2) is 11.5 Å². The molecule has 0 saturated heterocycles. The summed E-state index contributed by atoms with van der Waals surface area (Å²) in [5, 5.41) is 12.9. The fourth-order valence-electron chi connectivity index (χ4n) is 1.32. The van der Waals surface area contributed by atoms with Crippen molar-refractivity contribution in [2.24, 2.45) is 0 Å². The lowest BCUT2D eigenvalue weighted by Gasteiger charge is -2.03. The number of nitrogens with zero attached hydrogens (tertiary/aromatic N) is 2. The maximum Gasteiger partial charge on any atom is 0.198 e. The molecular formula is C11H6BrClN2O2. The number of hydrogen-bond acceptors (Lipinski definition) is 4. The van der Waals surface area contributed by atoms with Crippen LogP contribution in [0, 0.1) is 11.3 Å². The zero-order valence-corrected chi connectivity index (χ0v) is 11.0. The zero-order chi connectivity index (χ0) is 12.4. The number of ether oxygens (including phenoxy) is 1. The molecular weight excluding hydrogens is 307 g/mol. The van der Waals surface area contributed by atoms with Crippen molar-refractivity contribution in [1.82, 2.24) is 5.16 Å². The van der Waals surface area contributed by atoms with Crippen LogP contribution in [0.3, 0.4) is 0 Å². The number of rotatable bonds is 2. The van der Waals surface area contributed by atoms with Gasteiger partial charge in [-0.3, -0.25) is 0 Å². The first-order valence-corrected chi connectivity index (χ1v) is 5.73. The molecule has 1 aromatic heterocycles. The second-order valence-corrected chi connectivity index (χ2v) is 4.33. The molecule has 0 aliphatic heterocycles. The van der Waals surface area contributed by atoms with Crippen LogP contribution >= 0.6 is 27.5 Å². The van der Waals surface area contributed by atoms with Gasteiger partial charge in [-0.25, -0.2) is 0 Å². The van der Waals surface area contributed by atoms with Gasteiger partial charge in [0.25, 0.3) is 0 Å². The van der Waals surface area contributed by atoms with E-state index >= 15 is 0 Å². The van der Waals surface area contributed by atoms with Gasteiger partial charge in [-0.1, -0.05) is 16.8 Å². The second kappa shape index (κ2) is 4.78. The highest BCUT2D eigenvalue weighted by Crippen LogP contribution is 2.36. The Labute approximate surface area is 111 Å². The Morgan fingerprint density at radius 1 is 1.53 bits per heavy atom. The third-order valence-electron chi connectivity index (χ3n) is 2.16. The fourth-order valence-corrected chi connectivity index (χ4v) is 2.03. The van der Waals surface area contributed by atoms with Crippen LogP contribution in [0.1, 0.15) is 5.69 Å². The Bertz CT molecular complexity index is 604. The van der Waals surface area contributed by atoms with Gasteiger partial charge in [0, 0.05) is 5.56 Å². The highest BCUT2D eigenvalue weighted by molar-refractivity contribution is 9.10. The van der Waals surface area contributed by atoms with E-state index in [2.05, 4.69) is 21.1 Å². The molecule has 0 aliphatic carbocycles. The molecule has 1 heterocycles. The molecule has 1 aromatic carbocycles. The van der Waals surface area contributed by atoms with Crippen molar-refractivity contribution in [3.05, 3.63) is 33.4 Å². The smallest absolute Gasteiger partial charge is 0.198 e. The SMILES string of the molecule is COc1ccc(-c2onc(C#N)c2Br)c(Cl)c1. The van der Waals surface area contributed by atoms with Gasteiger partial charge in [0.05, 0.1) is 12.1 Å². The van der Waals surface area contributed by atoms with Crippen LogP contribution in [-0.2, 0) is 0 Å². The monoisotopic (exact) mass is 312 g/mol. The van der Waals surface area contributed by atoms with Gasteiger partial charge in [-0.2, -0.15) is 5.26 Å². The summed E-state index contributed by atoms with van der Waals surface area (Å²) in [4.78, 5) is 0. The van der Waals surface area contributed by atoms with Crippen LogP contribution in [0.5, 0.6) is 5.75 Å². The first-order valence-electron chi connectivity index (χ1n) is 4.56. The van der Waals surface area contributed by atoms with Crippen LogP contribution in [0.2, 0.25) is 5.02 Å². The van der Waals surface area contributed by atoms with E-state index in [1.807, 2.05) is 6.07 Å². The molecule has 0 atom stereocenters. The van der Waals surface area contributed by atoms with Crippen LogP contribution in [0.4, 0.5) is 0 Å². The summed E-state index contributed by atoms with van der Waals surface area (Å²) in [6.45, 7) is 0. The molecule has 0 spiro atoms. The third kappa shape index (κ3) is 2.14. The van der Waals surface area contributed by atoms with Gasteiger partial charge in [-0.15, -0.1) is 0 Å². The first-order chi connectivity index (χ1) is 8.17. The predicted octanol–water partition coefficient (Wildman–Crippen LogP) is 3.64. The molecule has 4 nitrogen and oxygen atoms in total. The Morgan fingerprint density at radius 2 is 2.29 bits per heavy atom. The first kappa shape index (κ1) is 12.0. The van der Waals surface area contributed by atoms with E-state index in [9.17, 15) is 0 Å². The summed E-state index contributed by atoms with van der Waals surface area (Å²) in [5.41, 5.74) is 0.834. The van der Waals surface area contributed by atoms with E-state index in [0.717, 1.165) is 0 Å². The van der Waals surface area contributed by atoms with Gasteiger partial charge in [0.2, 0.25) is 0 Å². The number of aromatic nitrogens is 1. The Morgan fingerprint density at radius 3 is 2.82 bits per heavy atom. The predicted molar refractivity (Wildman–Crippen MR) is 65.9 cm³/mol. The minimum Gasteiger partial charge on any atom is -0.497 e. The topological polar surface area (TPSA) is 59.1 Å². The minimum atomic E-state index is 0.187. The van der Waals surface area contributed by atoms with Crippen molar-refractivity contribution in [1.29, 1.82) is 5.26 Å². The lowest BCUT2D eigenvalue weighted by Crippen LogP contribution is -1.84. The summed E-state index contributed by atoms with van der Waals surface area (Å²) >= 11 is 9.34. The van der Waals surface area contributed by atoms with E-state index in [1.165, 1.54) is 0 Å². The van der Waals surface area contributed by atoms with E-state index in [0.29, 0.717) is 26.6 Å². The molecule has 6 heteroatoms. The lowest BCUT2D eigenvalue weighted by atomic mass is 10.1. The van der Waals surface area contributed by atoms with Crippen LogP contribution < -0.4 is 4.74 Å². The fraction of sp³-hybridized carbons (Fsp3) is 0.0909. The average Bonchev–Trinajstić information content (AvgIpc) is 2.70. The molecule has 0 unspecified atom stereocenters. The van der Waals surface area contributed by atoms with E-state index in [4.69, 9.17) is 26.1 Å². The maximum atomic E-state index is 8.77. The molecule has 2 rings (SSSR count). The van der Waals surface area contributed by atoms with E-state index in [1.54, 1.807) is 25.3 Å². The van der Waals surface area contributed by atoms with Crippen molar-refractivity contribution >= 4 is 27.5 Å². The molecule has 0 N–H and O–H groups in total. The highest BCUT2D eigenvalue weighted by Gasteiger charge is 2.17. The third-order valence-corrected chi connectivity index (χ3v) is 3.21. The number of benzene rings is 1. The van der Waals surface area contributed by atoms with Gasteiger partial charge < -0.3 is 9.26 Å². The van der Waals surface area contributed by atoms with Gasteiger partial charge in [0.1, 0.15) is 16.3 Å². The summed E-state index contributed by atoms with van der Waals surface area (Å²) in [5.74, 6) is 1.07. The van der Waals surface area contributed by atoms with Crippen molar-refractivity contribution in [2.75, 3.05) is 7.11 Å². The van der Waals surface area contributed by atoms with Crippen LogP contribution in [0.15, 0.2) is 27.2 Å². The minimum absolute atomic E-state index is 0.187. The Kier molecular flexibility index (Phi) is 3.36.